The molecule has 0 amide bonds. The molecule has 0 saturated carbocycles. The van der Waals surface area contributed by atoms with Crippen LogP contribution in [0.3, 0.4) is 0 Å². The highest BCUT2D eigenvalue weighted by Crippen LogP contribution is 2.09. The van der Waals surface area contributed by atoms with Gasteiger partial charge in [0.05, 0.1) is 5.69 Å². The number of hydrogen-bond acceptors (Lipinski definition) is 2. The Kier molecular flexibility index (Phi) is 3.45. The average molecular weight is 194 g/mol. The highest BCUT2D eigenvalue weighted by molar-refractivity contribution is 5.85. The van der Waals surface area contributed by atoms with Gasteiger partial charge in [-0.05, 0) is 19.4 Å². The smallest absolute Gasteiger partial charge is 0.328 e. The molecule has 0 spiro atoms. The van der Waals surface area contributed by atoms with Crippen LogP contribution in [-0.2, 0) is 17.8 Å². The summed E-state index contributed by atoms with van der Waals surface area (Å²) in [5.74, 6) is -0.934. The topological polar surface area (TPSA) is 55.1 Å². The molecule has 0 aliphatic carbocycles. The molecule has 4 nitrogen and oxygen atoms in total. The summed E-state index contributed by atoms with van der Waals surface area (Å²) < 4.78 is 1.81. The number of carbonyl (C=O) groups is 1. The standard InChI is InChI=1S/C10H14N2O2/c1-3-9-8(5-6-10(13)14)7-12(4-2)11-9/h5-7H,3-4H2,1-2H3,(H,13,14)/b6-5+. The van der Waals surface area contributed by atoms with Crippen molar-refractivity contribution in [1.82, 2.24) is 9.78 Å². The molecular weight excluding hydrogens is 180 g/mol. The summed E-state index contributed by atoms with van der Waals surface area (Å²) in [4.78, 5) is 10.3. The summed E-state index contributed by atoms with van der Waals surface area (Å²) in [6.07, 6.45) is 5.39. The van der Waals surface area contributed by atoms with Gasteiger partial charge in [-0.3, -0.25) is 4.68 Å². The fraction of sp³-hybridized carbons (Fsp3) is 0.400. The van der Waals surface area contributed by atoms with Crippen LogP contribution in [0.25, 0.3) is 6.08 Å². The molecule has 1 rings (SSSR count). The van der Waals surface area contributed by atoms with Gasteiger partial charge in [0, 0.05) is 24.4 Å². The van der Waals surface area contributed by atoms with Crippen LogP contribution in [0.4, 0.5) is 0 Å². The van der Waals surface area contributed by atoms with Crippen LogP contribution in [0, 0.1) is 0 Å². The summed E-state index contributed by atoms with van der Waals surface area (Å²) >= 11 is 0. The summed E-state index contributed by atoms with van der Waals surface area (Å²) in [7, 11) is 0. The molecule has 0 aliphatic rings. The molecule has 0 aliphatic heterocycles. The number of carboxylic acids is 1. The summed E-state index contributed by atoms with van der Waals surface area (Å²) in [5.41, 5.74) is 1.82. The first-order valence-corrected chi connectivity index (χ1v) is 4.64. The minimum absolute atomic E-state index is 0.800. The van der Waals surface area contributed by atoms with Gasteiger partial charge in [-0.1, -0.05) is 6.92 Å². The lowest BCUT2D eigenvalue weighted by atomic mass is 10.2. The van der Waals surface area contributed by atoms with Gasteiger partial charge in [-0.25, -0.2) is 4.79 Å². The van der Waals surface area contributed by atoms with E-state index in [9.17, 15) is 4.79 Å². The molecule has 4 heteroatoms. The van der Waals surface area contributed by atoms with Crippen molar-refractivity contribution < 1.29 is 9.90 Å². The molecule has 1 heterocycles. The van der Waals surface area contributed by atoms with E-state index in [1.54, 1.807) is 10.8 Å². The summed E-state index contributed by atoms with van der Waals surface area (Å²) in [6.45, 7) is 4.80. The van der Waals surface area contributed by atoms with E-state index in [2.05, 4.69) is 5.10 Å². The van der Waals surface area contributed by atoms with Gasteiger partial charge in [-0.15, -0.1) is 0 Å². The first-order chi connectivity index (χ1) is 6.67. The van der Waals surface area contributed by atoms with Gasteiger partial charge in [0.1, 0.15) is 0 Å². The van der Waals surface area contributed by atoms with Gasteiger partial charge in [-0.2, -0.15) is 5.10 Å². The Morgan fingerprint density at radius 3 is 2.86 bits per heavy atom. The Labute approximate surface area is 82.9 Å². The van der Waals surface area contributed by atoms with Crippen LogP contribution < -0.4 is 0 Å². The van der Waals surface area contributed by atoms with E-state index < -0.39 is 5.97 Å². The quantitative estimate of drug-likeness (QED) is 0.740. The molecule has 0 fully saturated rings. The molecule has 76 valence electrons. The minimum Gasteiger partial charge on any atom is -0.478 e. The van der Waals surface area contributed by atoms with E-state index in [-0.39, 0.29) is 0 Å². The zero-order chi connectivity index (χ0) is 10.6. The van der Waals surface area contributed by atoms with E-state index in [0.29, 0.717) is 0 Å². The molecule has 1 aromatic heterocycles. The number of rotatable bonds is 4. The van der Waals surface area contributed by atoms with Crippen LogP contribution in [0.2, 0.25) is 0 Å². The predicted octanol–water partition coefficient (Wildman–Crippen LogP) is 1.56. The van der Waals surface area contributed by atoms with E-state index in [1.165, 1.54) is 0 Å². The van der Waals surface area contributed by atoms with E-state index in [0.717, 1.165) is 30.3 Å². The van der Waals surface area contributed by atoms with Crippen molar-refractivity contribution in [2.24, 2.45) is 0 Å². The number of aromatic nitrogens is 2. The highest BCUT2D eigenvalue weighted by atomic mass is 16.4. The Balaban J connectivity index is 2.94. The Bertz CT molecular complexity index is 353. The Morgan fingerprint density at radius 2 is 2.36 bits per heavy atom. The first kappa shape index (κ1) is 10.5. The van der Waals surface area contributed by atoms with Crippen molar-refractivity contribution in [3.05, 3.63) is 23.5 Å². The molecule has 1 N–H and O–H groups in total. The second kappa shape index (κ2) is 4.60. The molecular formula is C10H14N2O2. The molecule has 0 radical (unpaired) electrons. The first-order valence-electron chi connectivity index (χ1n) is 4.64. The highest BCUT2D eigenvalue weighted by Gasteiger charge is 2.03. The normalized spacial score (nSPS) is 11.0. The van der Waals surface area contributed by atoms with Crippen molar-refractivity contribution in [3.8, 4) is 0 Å². The Morgan fingerprint density at radius 1 is 1.64 bits per heavy atom. The lowest BCUT2D eigenvalue weighted by Crippen LogP contribution is -1.94. The summed E-state index contributed by atoms with van der Waals surface area (Å²) in [5, 5.41) is 12.8. The lowest BCUT2D eigenvalue weighted by Gasteiger charge is -1.90. The number of nitrogens with zero attached hydrogens (tertiary/aromatic N) is 2. The lowest BCUT2D eigenvalue weighted by molar-refractivity contribution is -0.131. The average Bonchev–Trinajstić information content (AvgIpc) is 2.57. The third-order valence-corrected chi connectivity index (χ3v) is 1.93. The zero-order valence-electron chi connectivity index (χ0n) is 8.40. The number of aliphatic carboxylic acids is 1. The van der Waals surface area contributed by atoms with Crippen molar-refractivity contribution in [1.29, 1.82) is 0 Å². The third-order valence-electron chi connectivity index (χ3n) is 1.93. The molecule has 0 atom stereocenters. The maximum atomic E-state index is 10.3. The predicted molar refractivity (Wildman–Crippen MR) is 53.9 cm³/mol. The fourth-order valence-electron chi connectivity index (χ4n) is 1.21. The second-order valence-corrected chi connectivity index (χ2v) is 2.91. The zero-order valence-corrected chi connectivity index (χ0v) is 8.40. The second-order valence-electron chi connectivity index (χ2n) is 2.91. The molecule has 1 aromatic rings. The van der Waals surface area contributed by atoms with Gasteiger partial charge < -0.3 is 5.11 Å². The van der Waals surface area contributed by atoms with Crippen LogP contribution in [0.15, 0.2) is 12.3 Å². The van der Waals surface area contributed by atoms with Gasteiger partial charge in [0.25, 0.3) is 0 Å². The maximum absolute atomic E-state index is 10.3. The number of aryl methyl sites for hydroxylation is 2. The number of hydrogen-bond donors (Lipinski definition) is 1. The molecule has 0 aromatic carbocycles. The van der Waals surface area contributed by atoms with Gasteiger partial charge >= 0.3 is 5.97 Å². The Hall–Kier alpha value is -1.58. The van der Waals surface area contributed by atoms with Crippen molar-refractivity contribution >= 4 is 12.0 Å². The van der Waals surface area contributed by atoms with E-state index in [4.69, 9.17) is 5.11 Å². The van der Waals surface area contributed by atoms with E-state index in [1.807, 2.05) is 20.0 Å². The molecule has 0 unspecified atom stereocenters. The van der Waals surface area contributed by atoms with Gasteiger partial charge in [0.15, 0.2) is 0 Å². The number of carboxylic acid groups (broad SMARTS) is 1. The van der Waals surface area contributed by atoms with Gasteiger partial charge in [0.2, 0.25) is 0 Å². The van der Waals surface area contributed by atoms with Crippen LogP contribution in [0.5, 0.6) is 0 Å². The molecule has 14 heavy (non-hydrogen) atoms. The van der Waals surface area contributed by atoms with Crippen LogP contribution >= 0.6 is 0 Å². The molecule has 0 saturated heterocycles. The monoisotopic (exact) mass is 194 g/mol. The van der Waals surface area contributed by atoms with Crippen LogP contribution in [-0.4, -0.2) is 20.9 Å². The maximum Gasteiger partial charge on any atom is 0.328 e. The van der Waals surface area contributed by atoms with Crippen molar-refractivity contribution in [3.63, 3.8) is 0 Å². The fourth-order valence-corrected chi connectivity index (χ4v) is 1.21. The van der Waals surface area contributed by atoms with Crippen molar-refractivity contribution in [2.45, 2.75) is 26.8 Å². The van der Waals surface area contributed by atoms with E-state index >= 15 is 0 Å². The van der Waals surface area contributed by atoms with Crippen LogP contribution in [0.1, 0.15) is 25.1 Å². The largest absolute Gasteiger partial charge is 0.478 e. The summed E-state index contributed by atoms with van der Waals surface area (Å²) in [6, 6.07) is 0. The SMILES string of the molecule is CCc1nn(CC)cc1/C=C/C(=O)O. The third kappa shape index (κ3) is 2.45. The van der Waals surface area contributed by atoms with Crippen molar-refractivity contribution in [2.75, 3.05) is 0 Å². The minimum atomic E-state index is -0.934. The molecule has 0 bridgehead atoms.